The quantitative estimate of drug-likeness (QED) is 0.619. The van der Waals surface area contributed by atoms with Gasteiger partial charge in [-0.25, -0.2) is 4.79 Å². The molecule has 2 amide bonds. The van der Waals surface area contributed by atoms with Gasteiger partial charge in [-0.1, -0.05) is 30.6 Å². The SMILES string of the molecule is CCCCNC(=O)c1ccc(-c2noc(CCCNC(=O)OC(C)(C)C)n2)cc1. The minimum atomic E-state index is -0.517. The van der Waals surface area contributed by atoms with Crippen molar-refractivity contribution in [3.63, 3.8) is 0 Å². The summed E-state index contributed by atoms with van der Waals surface area (Å²) in [4.78, 5) is 28.0. The van der Waals surface area contributed by atoms with Gasteiger partial charge in [-0.05, 0) is 45.7 Å². The first-order valence-corrected chi connectivity index (χ1v) is 9.96. The molecular weight excluding hydrogens is 372 g/mol. The number of nitrogens with zero attached hydrogens (tertiary/aromatic N) is 2. The fraction of sp³-hybridized carbons (Fsp3) is 0.524. The monoisotopic (exact) mass is 402 g/mol. The van der Waals surface area contributed by atoms with Gasteiger partial charge in [0.25, 0.3) is 5.91 Å². The third kappa shape index (κ3) is 7.93. The summed E-state index contributed by atoms with van der Waals surface area (Å²) in [7, 11) is 0. The summed E-state index contributed by atoms with van der Waals surface area (Å²) in [6.45, 7) is 8.66. The molecule has 0 aliphatic rings. The number of aromatic nitrogens is 2. The molecule has 29 heavy (non-hydrogen) atoms. The van der Waals surface area contributed by atoms with Crippen LogP contribution in [0, 0.1) is 0 Å². The fourth-order valence-electron chi connectivity index (χ4n) is 2.47. The highest BCUT2D eigenvalue weighted by atomic mass is 16.6. The average Bonchev–Trinajstić information content (AvgIpc) is 3.13. The lowest BCUT2D eigenvalue weighted by Crippen LogP contribution is -2.33. The summed E-state index contributed by atoms with van der Waals surface area (Å²) >= 11 is 0. The molecule has 1 aromatic heterocycles. The molecule has 0 spiro atoms. The number of alkyl carbamates (subject to hydrolysis) is 1. The summed E-state index contributed by atoms with van der Waals surface area (Å²) in [5.41, 5.74) is 0.857. The van der Waals surface area contributed by atoms with Crippen LogP contribution in [0.25, 0.3) is 11.4 Å². The zero-order valence-corrected chi connectivity index (χ0v) is 17.6. The second kappa shape index (κ2) is 10.6. The summed E-state index contributed by atoms with van der Waals surface area (Å²) in [6, 6.07) is 7.09. The molecule has 0 aliphatic carbocycles. The number of hydrogen-bond donors (Lipinski definition) is 2. The molecule has 2 aromatic rings. The number of aryl methyl sites for hydroxylation is 1. The molecule has 0 radical (unpaired) electrons. The normalized spacial score (nSPS) is 11.2. The standard InChI is InChI=1S/C21H30N4O4/c1-5-6-13-22-19(26)16-11-9-15(10-12-16)18-24-17(29-25-18)8-7-14-23-20(27)28-21(2,3)4/h9-12H,5-8,13-14H2,1-4H3,(H,22,26)(H,23,27). The van der Waals surface area contributed by atoms with Crippen molar-refractivity contribution >= 4 is 12.0 Å². The van der Waals surface area contributed by atoms with Gasteiger partial charge in [0.2, 0.25) is 11.7 Å². The molecule has 8 heteroatoms. The smallest absolute Gasteiger partial charge is 0.407 e. The molecule has 0 atom stereocenters. The van der Waals surface area contributed by atoms with Gasteiger partial charge >= 0.3 is 6.09 Å². The number of nitrogens with one attached hydrogen (secondary N) is 2. The predicted molar refractivity (Wildman–Crippen MR) is 110 cm³/mol. The molecule has 0 bridgehead atoms. The Labute approximate surface area is 171 Å². The molecule has 1 heterocycles. The van der Waals surface area contributed by atoms with Crippen molar-refractivity contribution in [2.24, 2.45) is 0 Å². The van der Waals surface area contributed by atoms with E-state index in [1.807, 2.05) is 20.8 Å². The number of benzene rings is 1. The largest absolute Gasteiger partial charge is 0.444 e. The first kappa shape index (κ1) is 22.4. The summed E-state index contributed by atoms with van der Waals surface area (Å²) in [6.07, 6.45) is 2.75. The lowest BCUT2D eigenvalue weighted by atomic mass is 10.1. The molecule has 8 nitrogen and oxygen atoms in total. The van der Waals surface area contributed by atoms with E-state index in [0.29, 0.717) is 43.2 Å². The van der Waals surface area contributed by atoms with Crippen LogP contribution < -0.4 is 10.6 Å². The first-order chi connectivity index (χ1) is 13.8. The minimum absolute atomic E-state index is 0.0868. The van der Waals surface area contributed by atoms with E-state index in [4.69, 9.17) is 9.26 Å². The Hall–Kier alpha value is -2.90. The zero-order chi connectivity index (χ0) is 21.3. The van der Waals surface area contributed by atoms with Gasteiger partial charge in [0.05, 0.1) is 0 Å². The van der Waals surface area contributed by atoms with Crippen molar-refractivity contribution in [3.05, 3.63) is 35.7 Å². The van der Waals surface area contributed by atoms with Crippen molar-refractivity contribution in [2.45, 2.75) is 59.0 Å². The average molecular weight is 402 g/mol. The predicted octanol–water partition coefficient (Wildman–Crippen LogP) is 3.72. The Morgan fingerprint density at radius 1 is 1.07 bits per heavy atom. The van der Waals surface area contributed by atoms with E-state index in [1.54, 1.807) is 24.3 Å². The minimum Gasteiger partial charge on any atom is -0.444 e. The van der Waals surface area contributed by atoms with Crippen molar-refractivity contribution in [3.8, 4) is 11.4 Å². The van der Waals surface area contributed by atoms with Crippen LogP contribution in [0.5, 0.6) is 0 Å². The van der Waals surface area contributed by atoms with Crippen molar-refractivity contribution < 1.29 is 18.8 Å². The van der Waals surface area contributed by atoms with Gasteiger partial charge in [-0.3, -0.25) is 4.79 Å². The lowest BCUT2D eigenvalue weighted by Gasteiger charge is -2.19. The maximum atomic E-state index is 12.0. The fourth-order valence-corrected chi connectivity index (χ4v) is 2.47. The van der Waals surface area contributed by atoms with Gasteiger partial charge < -0.3 is 19.9 Å². The van der Waals surface area contributed by atoms with Crippen LogP contribution in [0.15, 0.2) is 28.8 Å². The Morgan fingerprint density at radius 2 is 1.76 bits per heavy atom. The van der Waals surface area contributed by atoms with E-state index < -0.39 is 11.7 Å². The molecule has 1 aromatic carbocycles. The second-order valence-corrected chi connectivity index (χ2v) is 7.73. The highest BCUT2D eigenvalue weighted by Gasteiger charge is 2.16. The number of hydrogen-bond acceptors (Lipinski definition) is 6. The molecule has 0 unspecified atom stereocenters. The maximum absolute atomic E-state index is 12.0. The molecule has 0 saturated heterocycles. The summed E-state index contributed by atoms with van der Waals surface area (Å²) in [5.74, 6) is 0.877. The Morgan fingerprint density at radius 3 is 2.41 bits per heavy atom. The van der Waals surface area contributed by atoms with E-state index in [2.05, 4.69) is 27.7 Å². The third-order valence-electron chi connectivity index (χ3n) is 3.92. The Kier molecular flexibility index (Phi) is 8.18. The molecular formula is C21H30N4O4. The van der Waals surface area contributed by atoms with Gasteiger partial charge in [0.15, 0.2) is 0 Å². The van der Waals surface area contributed by atoms with Crippen molar-refractivity contribution in [1.29, 1.82) is 0 Å². The van der Waals surface area contributed by atoms with Gasteiger partial charge in [0, 0.05) is 30.6 Å². The van der Waals surface area contributed by atoms with Crippen LogP contribution in [0.3, 0.4) is 0 Å². The van der Waals surface area contributed by atoms with Gasteiger partial charge in [-0.2, -0.15) is 4.98 Å². The van der Waals surface area contributed by atoms with Crippen LogP contribution >= 0.6 is 0 Å². The number of unbranched alkanes of at least 4 members (excludes halogenated alkanes) is 1. The Balaban J connectivity index is 1.80. The molecule has 2 rings (SSSR count). The summed E-state index contributed by atoms with van der Waals surface area (Å²) < 4.78 is 10.4. The van der Waals surface area contributed by atoms with E-state index in [0.717, 1.165) is 18.4 Å². The van der Waals surface area contributed by atoms with E-state index in [9.17, 15) is 9.59 Å². The highest BCUT2D eigenvalue weighted by Crippen LogP contribution is 2.17. The molecule has 0 saturated carbocycles. The topological polar surface area (TPSA) is 106 Å². The van der Waals surface area contributed by atoms with Gasteiger partial charge in [-0.15, -0.1) is 0 Å². The maximum Gasteiger partial charge on any atom is 0.407 e. The third-order valence-corrected chi connectivity index (χ3v) is 3.92. The number of ether oxygens (including phenoxy) is 1. The van der Waals surface area contributed by atoms with E-state index in [1.165, 1.54) is 0 Å². The zero-order valence-electron chi connectivity index (χ0n) is 17.6. The van der Waals surface area contributed by atoms with Crippen molar-refractivity contribution in [2.75, 3.05) is 13.1 Å². The van der Waals surface area contributed by atoms with E-state index >= 15 is 0 Å². The number of rotatable bonds is 9. The van der Waals surface area contributed by atoms with Crippen LogP contribution in [0.1, 0.15) is 63.2 Å². The molecule has 0 fully saturated rings. The van der Waals surface area contributed by atoms with Crippen LogP contribution in [-0.2, 0) is 11.2 Å². The van der Waals surface area contributed by atoms with Crippen LogP contribution in [0.4, 0.5) is 4.79 Å². The summed E-state index contributed by atoms with van der Waals surface area (Å²) in [5, 5.41) is 9.56. The molecule has 0 aliphatic heterocycles. The van der Waals surface area contributed by atoms with E-state index in [-0.39, 0.29) is 5.91 Å². The molecule has 158 valence electrons. The number of carbonyl (C=O) groups excluding carboxylic acids is 2. The van der Waals surface area contributed by atoms with Gasteiger partial charge in [0.1, 0.15) is 5.60 Å². The second-order valence-electron chi connectivity index (χ2n) is 7.73. The highest BCUT2D eigenvalue weighted by molar-refractivity contribution is 5.94. The number of carbonyl (C=O) groups is 2. The van der Waals surface area contributed by atoms with Crippen LogP contribution in [0.2, 0.25) is 0 Å². The lowest BCUT2D eigenvalue weighted by molar-refractivity contribution is 0.0526. The van der Waals surface area contributed by atoms with Crippen molar-refractivity contribution in [1.82, 2.24) is 20.8 Å². The Bertz CT molecular complexity index is 794. The first-order valence-electron chi connectivity index (χ1n) is 9.96. The van der Waals surface area contributed by atoms with Crippen LogP contribution in [-0.4, -0.2) is 40.8 Å². The molecule has 2 N–H and O–H groups in total. The number of amides is 2.